The lowest BCUT2D eigenvalue weighted by atomic mass is 10.0. The summed E-state index contributed by atoms with van der Waals surface area (Å²) in [5, 5.41) is 13.8. The molecule has 0 saturated carbocycles. The molecule has 0 unspecified atom stereocenters. The van der Waals surface area contributed by atoms with Gasteiger partial charge in [0, 0.05) is 23.8 Å². The number of fused-ring (bicyclic) bond motifs is 2. The van der Waals surface area contributed by atoms with Crippen LogP contribution in [0.2, 0.25) is 18.1 Å². The molecule has 0 bridgehead atoms. The van der Waals surface area contributed by atoms with E-state index in [4.69, 9.17) is 4.43 Å². The number of rotatable bonds is 7. The fraction of sp³-hybridized carbons (Fsp3) is 0.375. The van der Waals surface area contributed by atoms with E-state index in [0.29, 0.717) is 27.4 Å². The van der Waals surface area contributed by atoms with E-state index in [1.807, 2.05) is 48.5 Å². The van der Waals surface area contributed by atoms with Gasteiger partial charge in [0.2, 0.25) is 0 Å². The minimum atomic E-state index is -2.00. The number of nitrogens with one attached hydrogen (secondary N) is 1. The van der Waals surface area contributed by atoms with Crippen molar-refractivity contribution in [3.05, 3.63) is 54.1 Å². The van der Waals surface area contributed by atoms with Crippen molar-refractivity contribution in [3.8, 4) is 0 Å². The summed E-state index contributed by atoms with van der Waals surface area (Å²) in [7, 11) is -2.00. The third-order valence-corrected chi connectivity index (χ3v) is 10.6. The highest BCUT2D eigenvalue weighted by atomic mass is 28.4. The number of amides is 1. The van der Waals surface area contributed by atoms with Crippen LogP contribution in [0.3, 0.4) is 0 Å². The lowest BCUT2D eigenvalue weighted by Gasteiger charge is -2.36. The highest BCUT2D eigenvalue weighted by Gasteiger charge is 2.37. The first-order chi connectivity index (χ1) is 14.5. The molecule has 1 amide bonds. The molecule has 0 radical (unpaired) electrons. The SMILES string of the molecule is CC(C)(C)[Si](C)(C)OCC[C@H](NC(=O)c1c2ccccc2nc2ccccc12)C(=O)O. The maximum Gasteiger partial charge on any atom is 0.326 e. The number of carbonyl (C=O) groups is 2. The Morgan fingerprint density at radius 2 is 1.55 bits per heavy atom. The normalized spacial score (nSPS) is 13.3. The predicted molar refractivity (Wildman–Crippen MR) is 126 cm³/mol. The summed E-state index contributed by atoms with van der Waals surface area (Å²) in [5.41, 5.74) is 1.83. The first-order valence-electron chi connectivity index (χ1n) is 10.5. The average molecular weight is 439 g/mol. The number of hydrogen-bond donors (Lipinski definition) is 2. The average Bonchev–Trinajstić information content (AvgIpc) is 2.70. The summed E-state index contributed by atoms with van der Waals surface area (Å²) < 4.78 is 6.12. The van der Waals surface area contributed by atoms with Crippen LogP contribution in [0.4, 0.5) is 0 Å². The molecule has 2 aromatic carbocycles. The van der Waals surface area contributed by atoms with Gasteiger partial charge in [0.1, 0.15) is 6.04 Å². The van der Waals surface area contributed by atoms with Gasteiger partial charge in [-0.2, -0.15) is 0 Å². The quantitative estimate of drug-likeness (QED) is 0.401. The smallest absolute Gasteiger partial charge is 0.326 e. The van der Waals surface area contributed by atoms with Crippen LogP contribution < -0.4 is 5.32 Å². The molecular formula is C24H30N2O4Si. The molecule has 6 nitrogen and oxygen atoms in total. The third-order valence-electron chi connectivity index (χ3n) is 6.09. The Hall–Kier alpha value is -2.77. The molecule has 164 valence electrons. The van der Waals surface area contributed by atoms with E-state index in [9.17, 15) is 14.7 Å². The van der Waals surface area contributed by atoms with Crippen LogP contribution in [0.25, 0.3) is 21.8 Å². The number of aliphatic carboxylic acids is 1. The van der Waals surface area contributed by atoms with E-state index >= 15 is 0 Å². The Kier molecular flexibility index (Phi) is 6.47. The Morgan fingerprint density at radius 1 is 1.03 bits per heavy atom. The van der Waals surface area contributed by atoms with E-state index in [-0.39, 0.29) is 18.1 Å². The minimum absolute atomic E-state index is 0.0316. The zero-order chi connectivity index (χ0) is 22.8. The van der Waals surface area contributed by atoms with Crippen LogP contribution in [-0.2, 0) is 9.22 Å². The molecule has 31 heavy (non-hydrogen) atoms. The lowest BCUT2D eigenvalue weighted by molar-refractivity contribution is -0.139. The largest absolute Gasteiger partial charge is 0.480 e. The van der Waals surface area contributed by atoms with Crippen LogP contribution in [0.5, 0.6) is 0 Å². The number of nitrogens with zero attached hydrogens (tertiary/aromatic N) is 1. The first-order valence-corrected chi connectivity index (χ1v) is 13.4. The summed E-state index contributed by atoms with van der Waals surface area (Å²) in [6.07, 6.45) is 0.203. The van der Waals surface area contributed by atoms with Crippen molar-refractivity contribution in [2.24, 2.45) is 0 Å². The summed E-state index contributed by atoms with van der Waals surface area (Å²) >= 11 is 0. The number of carboxylic acids is 1. The monoisotopic (exact) mass is 438 g/mol. The molecule has 0 spiro atoms. The first kappa shape index (κ1) is 22.9. The molecular weight excluding hydrogens is 408 g/mol. The number of pyridine rings is 1. The lowest BCUT2D eigenvalue weighted by Crippen LogP contribution is -2.44. The summed E-state index contributed by atoms with van der Waals surface area (Å²) in [6, 6.07) is 13.7. The fourth-order valence-corrected chi connectivity index (χ4v) is 4.28. The summed E-state index contributed by atoms with van der Waals surface area (Å²) in [5.74, 6) is -1.50. The topological polar surface area (TPSA) is 88.5 Å². The number of carbonyl (C=O) groups excluding carboxylic acids is 1. The number of para-hydroxylation sites is 2. The zero-order valence-corrected chi connectivity index (χ0v) is 19.7. The van der Waals surface area contributed by atoms with Gasteiger partial charge in [0.25, 0.3) is 5.91 Å². The summed E-state index contributed by atoms with van der Waals surface area (Å²) in [4.78, 5) is 29.8. The number of hydrogen-bond acceptors (Lipinski definition) is 4. The second-order valence-corrected chi connectivity index (χ2v) is 14.1. The molecule has 3 aromatic rings. The van der Waals surface area contributed by atoms with Crippen molar-refractivity contribution in [1.29, 1.82) is 0 Å². The van der Waals surface area contributed by atoms with Crippen molar-refractivity contribution in [2.75, 3.05) is 6.61 Å². The van der Waals surface area contributed by atoms with Crippen LogP contribution in [0, 0.1) is 0 Å². The molecule has 0 aliphatic heterocycles. The van der Waals surface area contributed by atoms with Crippen molar-refractivity contribution in [2.45, 2.75) is 51.4 Å². The molecule has 1 aromatic heterocycles. The molecule has 1 atom stereocenters. The van der Waals surface area contributed by atoms with Crippen LogP contribution in [-0.4, -0.2) is 42.9 Å². The highest BCUT2D eigenvalue weighted by Crippen LogP contribution is 2.36. The Morgan fingerprint density at radius 3 is 2.03 bits per heavy atom. The van der Waals surface area contributed by atoms with Gasteiger partial charge in [0.15, 0.2) is 8.32 Å². The maximum atomic E-state index is 13.3. The van der Waals surface area contributed by atoms with Crippen molar-refractivity contribution >= 4 is 42.0 Å². The zero-order valence-electron chi connectivity index (χ0n) is 18.7. The van der Waals surface area contributed by atoms with Crippen molar-refractivity contribution < 1.29 is 19.1 Å². The van der Waals surface area contributed by atoms with E-state index in [1.54, 1.807) is 0 Å². The third kappa shape index (κ3) is 4.94. The molecule has 3 rings (SSSR count). The highest BCUT2D eigenvalue weighted by molar-refractivity contribution is 6.74. The second kappa shape index (κ2) is 8.76. The standard InChI is InChI=1S/C24H30N2O4Si/c1-24(2,3)31(4,5)30-15-14-20(23(28)29)26-22(27)21-16-10-6-8-12-18(16)25-19-13-9-7-11-17(19)21/h6-13,20H,14-15H2,1-5H3,(H,26,27)(H,28,29)/t20-/m0/s1. The molecule has 0 saturated heterocycles. The number of aromatic nitrogens is 1. The second-order valence-electron chi connectivity index (χ2n) is 9.28. The Bertz CT molecular complexity index is 1070. The summed E-state index contributed by atoms with van der Waals surface area (Å²) in [6.45, 7) is 10.9. The van der Waals surface area contributed by atoms with Gasteiger partial charge in [-0.1, -0.05) is 57.2 Å². The minimum Gasteiger partial charge on any atom is -0.480 e. The van der Waals surface area contributed by atoms with Gasteiger partial charge >= 0.3 is 5.97 Å². The fourth-order valence-electron chi connectivity index (χ4n) is 3.22. The van der Waals surface area contributed by atoms with Crippen LogP contribution >= 0.6 is 0 Å². The molecule has 1 heterocycles. The Labute approximate surface area is 183 Å². The van der Waals surface area contributed by atoms with Gasteiger partial charge < -0.3 is 14.8 Å². The van der Waals surface area contributed by atoms with Gasteiger partial charge in [-0.05, 0) is 30.3 Å². The van der Waals surface area contributed by atoms with Crippen molar-refractivity contribution in [3.63, 3.8) is 0 Å². The van der Waals surface area contributed by atoms with Crippen LogP contribution in [0.15, 0.2) is 48.5 Å². The maximum absolute atomic E-state index is 13.3. The predicted octanol–water partition coefficient (Wildman–Crippen LogP) is 4.98. The van der Waals surface area contributed by atoms with E-state index in [1.165, 1.54) is 0 Å². The van der Waals surface area contributed by atoms with Gasteiger partial charge in [-0.3, -0.25) is 4.79 Å². The van der Waals surface area contributed by atoms with E-state index in [0.717, 1.165) is 0 Å². The van der Waals surface area contributed by atoms with E-state index < -0.39 is 26.2 Å². The van der Waals surface area contributed by atoms with Crippen LogP contribution in [0.1, 0.15) is 37.6 Å². The number of carboxylic acid groups (broad SMARTS) is 1. The van der Waals surface area contributed by atoms with Crippen molar-refractivity contribution in [1.82, 2.24) is 10.3 Å². The van der Waals surface area contributed by atoms with Gasteiger partial charge in [0.05, 0.1) is 16.6 Å². The van der Waals surface area contributed by atoms with E-state index in [2.05, 4.69) is 44.2 Å². The molecule has 0 aliphatic rings. The van der Waals surface area contributed by atoms with Gasteiger partial charge in [-0.25, -0.2) is 9.78 Å². The molecule has 0 aliphatic carbocycles. The number of benzene rings is 2. The molecule has 2 N–H and O–H groups in total. The molecule has 7 heteroatoms. The van der Waals surface area contributed by atoms with Gasteiger partial charge in [-0.15, -0.1) is 0 Å². The Balaban J connectivity index is 1.86. The molecule has 0 fully saturated rings.